The smallest absolute Gasteiger partial charge is 0.212 e. The standard InChI is InChI=1S/C14H20N2O2S2/c1-12(8-9-19-3)16(2)20(17,18)11-14-6-4-13(10-15)5-7-14/h4-7,12H,8-9,11H2,1-3H3. The monoisotopic (exact) mass is 312 g/mol. The Kier molecular flexibility index (Phi) is 6.53. The summed E-state index contributed by atoms with van der Waals surface area (Å²) in [5, 5.41) is 8.73. The van der Waals surface area contributed by atoms with Crippen molar-refractivity contribution in [3.05, 3.63) is 35.4 Å². The van der Waals surface area contributed by atoms with Gasteiger partial charge in [0, 0.05) is 13.1 Å². The van der Waals surface area contributed by atoms with Gasteiger partial charge in [0.15, 0.2) is 0 Å². The van der Waals surface area contributed by atoms with Gasteiger partial charge in [-0.3, -0.25) is 0 Å². The van der Waals surface area contributed by atoms with Crippen LogP contribution in [0.1, 0.15) is 24.5 Å². The van der Waals surface area contributed by atoms with Crippen LogP contribution in [-0.4, -0.2) is 37.8 Å². The Hall–Kier alpha value is -1.03. The molecule has 0 radical (unpaired) electrons. The second kappa shape index (κ2) is 7.67. The molecule has 0 bridgehead atoms. The van der Waals surface area contributed by atoms with Gasteiger partial charge in [-0.15, -0.1) is 0 Å². The third kappa shape index (κ3) is 4.82. The molecule has 6 heteroatoms. The number of hydrogen-bond donors (Lipinski definition) is 0. The van der Waals surface area contributed by atoms with Crippen LogP contribution in [0.25, 0.3) is 0 Å². The SMILES string of the molecule is CSCCC(C)N(C)S(=O)(=O)Cc1ccc(C#N)cc1. The average Bonchev–Trinajstić information content (AvgIpc) is 2.44. The molecule has 0 amide bonds. The van der Waals surface area contributed by atoms with Gasteiger partial charge in [-0.25, -0.2) is 12.7 Å². The topological polar surface area (TPSA) is 61.2 Å². The fourth-order valence-corrected chi connectivity index (χ4v) is 3.78. The molecule has 1 aromatic carbocycles. The van der Waals surface area contributed by atoms with Gasteiger partial charge in [-0.2, -0.15) is 17.0 Å². The predicted octanol–water partition coefficient (Wildman–Crippen LogP) is 2.46. The zero-order chi connectivity index (χ0) is 15.2. The van der Waals surface area contributed by atoms with Crippen LogP contribution in [0.3, 0.4) is 0 Å². The fraction of sp³-hybridized carbons (Fsp3) is 0.500. The van der Waals surface area contributed by atoms with Crippen LogP contribution >= 0.6 is 11.8 Å². The Bertz CT molecular complexity index is 562. The van der Waals surface area contributed by atoms with Gasteiger partial charge >= 0.3 is 0 Å². The molecule has 110 valence electrons. The predicted molar refractivity (Wildman–Crippen MR) is 84.0 cm³/mol. The molecule has 4 nitrogen and oxygen atoms in total. The quantitative estimate of drug-likeness (QED) is 0.776. The maximum Gasteiger partial charge on any atom is 0.218 e. The number of rotatable bonds is 7. The molecule has 1 rings (SSSR count). The summed E-state index contributed by atoms with van der Waals surface area (Å²) in [6, 6.07) is 8.67. The van der Waals surface area contributed by atoms with E-state index in [1.165, 1.54) is 4.31 Å². The van der Waals surface area contributed by atoms with E-state index in [2.05, 4.69) is 0 Å². The molecule has 0 aliphatic rings. The van der Waals surface area contributed by atoms with E-state index in [4.69, 9.17) is 5.26 Å². The van der Waals surface area contributed by atoms with Crippen molar-refractivity contribution >= 4 is 21.8 Å². The Morgan fingerprint density at radius 3 is 2.45 bits per heavy atom. The van der Waals surface area contributed by atoms with E-state index < -0.39 is 10.0 Å². The van der Waals surface area contributed by atoms with Gasteiger partial charge in [-0.05, 0) is 43.0 Å². The van der Waals surface area contributed by atoms with Crippen molar-refractivity contribution in [3.63, 3.8) is 0 Å². The molecule has 0 aromatic heterocycles. The summed E-state index contributed by atoms with van der Waals surface area (Å²) >= 11 is 1.71. The van der Waals surface area contributed by atoms with Crippen LogP contribution in [0, 0.1) is 11.3 Å². The molecule has 0 fully saturated rings. The molecule has 1 unspecified atom stereocenters. The molecule has 20 heavy (non-hydrogen) atoms. The molecule has 0 N–H and O–H groups in total. The Morgan fingerprint density at radius 1 is 1.35 bits per heavy atom. The summed E-state index contributed by atoms with van der Waals surface area (Å²) in [6.45, 7) is 1.92. The minimum atomic E-state index is -3.32. The number of benzene rings is 1. The van der Waals surface area contributed by atoms with Crippen molar-refractivity contribution in [2.24, 2.45) is 0 Å². The highest BCUT2D eigenvalue weighted by molar-refractivity contribution is 7.98. The molecular formula is C14H20N2O2S2. The van der Waals surface area contributed by atoms with E-state index >= 15 is 0 Å². The van der Waals surface area contributed by atoms with E-state index in [1.54, 1.807) is 43.1 Å². The lowest BCUT2D eigenvalue weighted by Crippen LogP contribution is -2.36. The highest BCUT2D eigenvalue weighted by Crippen LogP contribution is 2.15. The Balaban J connectivity index is 2.75. The lowest BCUT2D eigenvalue weighted by Gasteiger charge is -2.24. The summed E-state index contributed by atoms with van der Waals surface area (Å²) in [5.74, 6) is 0.913. The molecule has 1 aromatic rings. The summed E-state index contributed by atoms with van der Waals surface area (Å²) in [4.78, 5) is 0. The molecule has 0 spiro atoms. The van der Waals surface area contributed by atoms with Gasteiger partial charge in [-0.1, -0.05) is 12.1 Å². The maximum atomic E-state index is 12.3. The van der Waals surface area contributed by atoms with Crippen molar-refractivity contribution in [1.82, 2.24) is 4.31 Å². The summed E-state index contributed by atoms with van der Waals surface area (Å²) in [6.07, 6.45) is 2.85. The molecule has 0 saturated carbocycles. The van der Waals surface area contributed by atoms with Gasteiger partial charge in [0.1, 0.15) is 0 Å². The average molecular weight is 312 g/mol. The Morgan fingerprint density at radius 2 is 1.95 bits per heavy atom. The van der Waals surface area contributed by atoms with Gasteiger partial charge in [0.25, 0.3) is 0 Å². The molecule has 0 heterocycles. The first-order valence-electron chi connectivity index (χ1n) is 6.34. The summed E-state index contributed by atoms with van der Waals surface area (Å²) < 4.78 is 26.1. The molecular weight excluding hydrogens is 292 g/mol. The summed E-state index contributed by atoms with van der Waals surface area (Å²) in [7, 11) is -1.69. The first-order chi connectivity index (χ1) is 9.40. The molecule has 1 atom stereocenters. The van der Waals surface area contributed by atoms with E-state index in [1.807, 2.05) is 19.2 Å². The van der Waals surface area contributed by atoms with E-state index in [-0.39, 0.29) is 11.8 Å². The van der Waals surface area contributed by atoms with Crippen molar-refractivity contribution in [2.45, 2.75) is 25.1 Å². The summed E-state index contributed by atoms with van der Waals surface area (Å²) in [5.41, 5.74) is 1.24. The Labute approximate surface area is 125 Å². The largest absolute Gasteiger partial charge is 0.218 e. The van der Waals surface area contributed by atoms with Crippen LogP contribution in [0.5, 0.6) is 0 Å². The lowest BCUT2D eigenvalue weighted by molar-refractivity contribution is 0.382. The van der Waals surface area contributed by atoms with Crippen LogP contribution in [0.2, 0.25) is 0 Å². The van der Waals surface area contributed by atoms with Crippen molar-refractivity contribution in [2.75, 3.05) is 19.1 Å². The van der Waals surface area contributed by atoms with Crippen molar-refractivity contribution < 1.29 is 8.42 Å². The number of nitrogens with zero attached hydrogens (tertiary/aromatic N) is 2. The maximum absolute atomic E-state index is 12.3. The van der Waals surface area contributed by atoms with Crippen LogP contribution < -0.4 is 0 Å². The van der Waals surface area contributed by atoms with E-state index in [0.717, 1.165) is 12.2 Å². The normalized spacial score (nSPS) is 13.2. The van der Waals surface area contributed by atoms with Crippen LogP contribution in [-0.2, 0) is 15.8 Å². The van der Waals surface area contributed by atoms with Gasteiger partial charge < -0.3 is 0 Å². The number of nitriles is 1. The first kappa shape index (κ1) is 17.0. The zero-order valence-electron chi connectivity index (χ0n) is 12.0. The van der Waals surface area contributed by atoms with E-state index in [0.29, 0.717) is 11.1 Å². The fourth-order valence-electron chi connectivity index (χ4n) is 1.73. The van der Waals surface area contributed by atoms with E-state index in [9.17, 15) is 8.42 Å². The number of thioether (sulfide) groups is 1. The molecule has 0 aliphatic heterocycles. The highest BCUT2D eigenvalue weighted by atomic mass is 32.2. The second-order valence-corrected chi connectivity index (χ2v) is 7.73. The second-order valence-electron chi connectivity index (χ2n) is 4.71. The molecule has 0 aliphatic carbocycles. The van der Waals surface area contributed by atoms with Crippen LogP contribution in [0.4, 0.5) is 0 Å². The zero-order valence-corrected chi connectivity index (χ0v) is 13.7. The first-order valence-corrected chi connectivity index (χ1v) is 9.34. The van der Waals surface area contributed by atoms with Crippen molar-refractivity contribution in [1.29, 1.82) is 5.26 Å². The van der Waals surface area contributed by atoms with Gasteiger partial charge in [0.05, 0.1) is 17.4 Å². The molecule has 0 saturated heterocycles. The minimum Gasteiger partial charge on any atom is -0.212 e. The third-order valence-electron chi connectivity index (χ3n) is 3.23. The highest BCUT2D eigenvalue weighted by Gasteiger charge is 2.23. The van der Waals surface area contributed by atoms with Gasteiger partial charge in [0.2, 0.25) is 10.0 Å². The van der Waals surface area contributed by atoms with Crippen LogP contribution in [0.15, 0.2) is 24.3 Å². The van der Waals surface area contributed by atoms with Crippen molar-refractivity contribution in [3.8, 4) is 6.07 Å². The number of hydrogen-bond acceptors (Lipinski definition) is 4. The third-order valence-corrected chi connectivity index (χ3v) is 5.81. The number of sulfonamides is 1. The minimum absolute atomic E-state index is 0.00849. The lowest BCUT2D eigenvalue weighted by atomic mass is 10.2.